The molecular weight excluding hydrogens is 294 g/mol. The van der Waals surface area contributed by atoms with E-state index >= 15 is 0 Å². The number of carbonyl (C=O) groups is 2. The van der Waals surface area contributed by atoms with Gasteiger partial charge in [0.05, 0.1) is 21.1 Å². The van der Waals surface area contributed by atoms with Gasteiger partial charge in [-0.1, -0.05) is 25.7 Å². The zero-order valence-corrected chi connectivity index (χ0v) is 14.1. The SMILES string of the molecule is C[N+](C)(C)CC(CC(=O)[O-])OC(=O)CCC1CCCC1.Cl. The van der Waals surface area contributed by atoms with Crippen LogP contribution in [0.2, 0.25) is 0 Å². The molecule has 1 fully saturated rings. The maximum Gasteiger partial charge on any atom is 0.306 e. The molecule has 1 aliphatic carbocycles. The Balaban J connectivity index is 0.00000400. The Hall–Kier alpha value is -0.810. The molecule has 0 amide bonds. The second kappa shape index (κ2) is 9.26. The van der Waals surface area contributed by atoms with Gasteiger partial charge in [0, 0.05) is 18.8 Å². The van der Waals surface area contributed by atoms with Crippen LogP contribution in [0.5, 0.6) is 0 Å². The van der Waals surface area contributed by atoms with Gasteiger partial charge in [0.15, 0.2) is 6.10 Å². The smallest absolute Gasteiger partial charge is 0.306 e. The van der Waals surface area contributed by atoms with Crippen molar-refractivity contribution in [2.45, 2.75) is 51.0 Å². The molecule has 0 N–H and O–H groups in total. The molecule has 1 aliphatic rings. The van der Waals surface area contributed by atoms with Crippen LogP contribution in [0.15, 0.2) is 0 Å². The molecule has 0 radical (unpaired) electrons. The number of ether oxygens (including phenoxy) is 1. The van der Waals surface area contributed by atoms with Crippen molar-refractivity contribution in [2.75, 3.05) is 27.7 Å². The Bertz CT molecular complexity index is 335. The third kappa shape index (κ3) is 9.69. The molecule has 21 heavy (non-hydrogen) atoms. The summed E-state index contributed by atoms with van der Waals surface area (Å²) < 4.78 is 5.87. The molecule has 0 bridgehead atoms. The van der Waals surface area contributed by atoms with Gasteiger partial charge in [-0.2, -0.15) is 0 Å². The highest BCUT2D eigenvalue weighted by Gasteiger charge is 2.23. The standard InChI is InChI=1S/C15H27NO4.ClH/c1-16(2,3)11-13(10-14(17)18)20-15(19)9-8-12-6-4-5-7-12;/h12-13H,4-11H2,1-3H3;1H. The van der Waals surface area contributed by atoms with Crippen molar-refractivity contribution in [1.29, 1.82) is 0 Å². The van der Waals surface area contributed by atoms with Gasteiger partial charge in [-0.25, -0.2) is 0 Å². The molecule has 124 valence electrons. The highest BCUT2D eigenvalue weighted by atomic mass is 35.5. The number of quaternary nitrogens is 1. The third-order valence-electron chi connectivity index (χ3n) is 3.68. The number of nitrogens with zero attached hydrogens (tertiary/aromatic N) is 1. The van der Waals surface area contributed by atoms with Crippen LogP contribution in [0.4, 0.5) is 0 Å². The molecule has 1 atom stereocenters. The Morgan fingerprint density at radius 3 is 2.29 bits per heavy atom. The maximum atomic E-state index is 11.8. The molecule has 0 aromatic carbocycles. The minimum atomic E-state index is -1.17. The van der Waals surface area contributed by atoms with E-state index in [4.69, 9.17) is 4.74 Å². The summed E-state index contributed by atoms with van der Waals surface area (Å²) in [5.41, 5.74) is 0. The highest BCUT2D eigenvalue weighted by molar-refractivity contribution is 5.85. The summed E-state index contributed by atoms with van der Waals surface area (Å²) in [6.45, 7) is 0.475. The molecule has 6 heteroatoms. The number of carbonyl (C=O) groups excluding carboxylic acids is 2. The number of carboxylic acid groups (broad SMARTS) is 1. The third-order valence-corrected chi connectivity index (χ3v) is 3.68. The van der Waals surface area contributed by atoms with E-state index in [1.807, 2.05) is 21.1 Å². The van der Waals surface area contributed by atoms with E-state index < -0.39 is 12.1 Å². The van der Waals surface area contributed by atoms with Crippen LogP contribution in [0, 0.1) is 5.92 Å². The zero-order chi connectivity index (χ0) is 15.2. The minimum Gasteiger partial charge on any atom is -0.550 e. The number of esters is 1. The Morgan fingerprint density at radius 2 is 1.81 bits per heavy atom. The van der Waals surface area contributed by atoms with Gasteiger partial charge in [0.1, 0.15) is 6.54 Å². The average molecular weight is 322 g/mol. The van der Waals surface area contributed by atoms with Crippen LogP contribution >= 0.6 is 12.4 Å². The second-order valence-corrected chi connectivity index (χ2v) is 6.85. The van der Waals surface area contributed by atoms with Crippen LogP contribution in [0.1, 0.15) is 44.9 Å². The Morgan fingerprint density at radius 1 is 1.24 bits per heavy atom. The molecule has 5 nitrogen and oxygen atoms in total. The lowest BCUT2D eigenvalue weighted by atomic mass is 10.0. The largest absolute Gasteiger partial charge is 0.550 e. The second-order valence-electron chi connectivity index (χ2n) is 6.85. The summed E-state index contributed by atoms with van der Waals surface area (Å²) in [5.74, 6) is -0.816. The summed E-state index contributed by atoms with van der Waals surface area (Å²) in [7, 11) is 5.82. The fourth-order valence-electron chi connectivity index (χ4n) is 2.81. The van der Waals surface area contributed by atoms with Gasteiger partial charge in [-0.3, -0.25) is 4.79 Å². The number of likely N-dealkylation sites (N-methyl/N-ethyl adjacent to an activating group) is 1. The van der Waals surface area contributed by atoms with Gasteiger partial charge in [-0.05, 0) is 12.3 Å². The van der Waals surface area contributed by atoms with Crippen molar-refractivity contribution in [1.82, 2.24) is 0 Å². The van der Waals surface area contributed by atoms with Crippen LogP contribution in [-0.4, -0.2) is 50.2 Å². The van der Waals surface area contributed by atoms with E-state index in [2.05, 4.69) is 0 Å². The van der Waals surface area contributed by atoms with Crippen LogP contribution in [-0.2, 0) is 14.3 Å². The lowest BCUT2D eigenvalue weighted by molar-refractivity contribution is -0.873. The number of carboxylic acids is 1. The topological polar surface area (TPSA) is 66.4 Å². The normalized spacial score (nSPS) is 17.1. The van der Waals surface area contributed by atoms with Crippen LogP contribution < -0.4 is 5.11 Å². The average Bonchev–Trinajstić information content (AvgIpc) is 2.75. The lowest BCUT2D eigenvalue weighted by Gasteiger charge is -2.29. The summed E-state index contributed by atoms with van der Waals surface area (Å²) in [6, 6.07) is 0. The van der Waals surface area contributed by atoms with Crippen molar-refractivity contribution in [2.24, 2.45) is 5.92 Å². The molecule has 0 spiro atoms. The van der Waals surface area contributed by atoms with E-state index in [-0.39, 0.29) is 24.8 Å². The molecule has 0 saturated heterocycles. The quantitative estimate of drug-likeness (QED) is 0.496. The lowest BCUT2D eigenvalue weighted by Crippen LogP contribution is -2.45. The first-order chi connectivity index (χ1) is 9.26. The summed E-state index contributed by atoms with van der Waals surface area (Å²) in [5, 5.41) is 10.7. The predicted octanol–water partition coefficient (Wildman–Crippen LogP) is 1.14. The zero-order valence-electron chi connectivity index (χ0n) is 13.3. The summed E-state index contributed by atoms with van der Waals surface area (Å²) in [4.78, 5) is 22.6. The van der Waals surface area contributed by atoms with Crippen molar-refractivity contribution in [3.63, 3.8) is 0 Å². The molecule has 1 saturated carbocycles. The van der Waals surface area contributed by atoms with Gasteiger partial charge >= 0.3 is 5.97 Å². The fourth-order valence-corrected chi connectivity index (χ4v) is 2.81. The van der Waals surface area contributed by atoms with E-state index in [9.17, 15) is 14.7 Å². The van der Waals surface area contributed by atoms with Gasteiger partial charge in [0.25, 0.3) is 0 Å². The number of hydrogen-bond acceptors (Lipinski definition) is 4. The van der Waals surface area contributed by atoms with Crippen LogP contribution in [0.25, 0.3) is 0 Å². The molecular formula is C15H28ClNO4. The van der Waals surface area contributed by atoms with Crippen molar-refractivity contribution < 1.29 is 23.9 Å². The van der Waals surface area contributed by atoms with Crippen molar-refractivity contribution in [3.8, 4) is 0 Å². The van der Waals surface area contributed by atoms with Crippen molar-refractivity contribution in [3.05, 3.63) is 0 Å². The van der Waals surface area contributed by atoms with E-state index in [1.165, 1.54) is 25.7 Å². The monoisotopic (exact) mass is 321 g/mol. The first kappa shape index (κ1) is 20.2. The summed E-state index contributed by atoms with van der Waals surface area (Å²) in [6.07, 6.45) is 5.35. The van der Waals surface area contributed by atoms with E-state index in [0.717, 1.165) is 6.42 Å². The summed E-state index contributed by atoms with van der Waals surface area (Å²) >= 11 is 0. The minimum absolute atomic E-state index is 0. The first-order valence-electron chi connectivity index (χ1n) is 7.46. The molecule has 1 unspecified atom stereocenters. The molecule has 0 heterocycles. The van der Waals surface area contributed by atoms with Crippen LogP contribution in [0.3, 0.4) is 0 Å². The van der Waals surface area contributed by atoms with E-state index in [1.54, 1.807) is 0 Å². The van der Waals surface area contributed by atoms with Gasteiger partial charge in [0.2, 0.25) is 0 Å². The van der Waals surface area contributed by atoms with E-state index in [0.29, 0.717) is 23.4 Å². The molecule has 0 aromatic rings. The van der Waals surface area contributed by atoms with Gasteiger partial charge < -0.3 is 19.1 Å². The predicted molar refractivity (Wildman–Crippen MR) is 80.8 cm³/mol. The van der Waals surface area contributed by atoms with Crippen molar-refractivity contribution >= 4 is 24.3 Å². The molecule has 0 aromatic heterocycles. The Labute approximate surface area is 133 Å². The number of halogens is 1. The van der Waals surface area contributed by atoms with Gasteiger partial charge in [-0.15, -0.1) is 12.4 Å². The number of hydrogen-bond donors (Lipinski definition) is 0. The highest BCUT2D eigenvalue weighted by Crippen LogP contribution is 2.28. The Kier molecular flexibility index (Phi) is 8.90. The maximum absolute atomic E-state index is 11.8. The molecule has 1 rings (SSSR count). The molecule has 0 aliphatic heterocycles. The fraction of sp³-hybridized carbons (Fsp3) is 0.867. The first-order valence-corrected chi connectivity index (χ1v) is 7.46. The number of aliphatic carboxylic acids is 1. The number of rotatable bonds is 8.